The van der Waals surface area contributed by atoms with Gasteiger partial charge in [0.05, 0.1) is 13.2 Å². The summed E-state index contributed by atoms with van der Waals surface area (Å²) in [6.07, 6.45) is 0. The van der Waals surface area contributed by atoms with Crippen molar-refractivity contribution in [2.75, 3.05) is 42.7 Å². The van der Waals surface area contributed by atoms with Crippen LogP contribution in [0.15, 0.2) is 24.3 Å². The Balaban J connectivity index is 1.85. The number of nitrogen functional groups attached to an aromatic ring is 2. The molecule has 0 atom stereocenters. The summed E-state index contributed by atoms with van der Waals surface area (Å²) >= 11 is 0. The molecule has 0 unspecified atom stereocenters. The van der Waals surface area contributed by atoms with Crippen molar-refractivity contribution < 1.29 is 4.74 Å². The second-order valence-electron chi connectivity index (χ2n) is 4.52. The summed E-state index contributed by atoms with van der Waals surface area (Å²) in [7, 11) is 0. The number of aromatic nitrogens is 3. The Bertz CT molecular complexity index is 574. The summed E-state index contributed by atoms with van der Waals surface area (Å²) in [4.78, 5) is 14.2. The number of rotatable bonds is 2. The van der Waals surface area contributed by atoms with Gasteiger partial charge >= 0.3 is 0 Å². The third-order valence-electron chi connectivity index (χ3n) is 3.17. The highest BCUT2D eigenvalue weighted by molar-refractivity contribution is 5.61. The van der Waals surface area contributed by atoms with Crippen LogP contribution in [0.2, 0.25) is 0 Å². The standard InChI is InChI=1S/C13H16N6O/c14-12-16-11(17-13(15)18-12)9-1-3-10(4-2-9)19-5-7-20-8-6-19/h1-4H,5-8H2,(H4,14,15,16,17,18). The molecule has 2 aromatic rings. The second-order valence-corrected chi connectivity index (χ2v) is 4.52. The van der Waals surface area contributed by atoms with Gasteiger partial charge in [-0.15, -0.1) is 0 Å². The maximum absolute atomic E-state index is 5.58. The Morgan fingerprint density at radius 1 is 0.900 bits per heavy atom. The first-order chi connectivity index (χ1) is 9.72. The Kier molecular flexibility index (Phi) is 3.34. The van der Waals surface area contributed by atoms with Crippen LogP contribution in [0.1, 0.15) is 0 Å². The van der Waals surface area contributed by atoms with E-state index < -0.39 is 0 Å². The van der Waals surface area contributed by atoms with E-state index in [2.05, 4.69) is 19.9 Å². The first-order valence-electron chi connectivity index (χ1n) is 6.42. The molecule has 0 amide bonds. The zero-order chi connectivity index (χ0) is 13.9. The molecule has 1 fully saturated rings. The molecule has 7 heteroatoms. The molecule has 7 nitrogen and oxygen atoms in total. The predicted molar refractivity (Wildman–Crippen MR) is 77.1 cm³/mol. The van der Waals surface area contributed by atoms with Crippen LogP contribution in [0.3, 0.4) is 0 Å². The molecular weight excluding hydrogens is 256 g/mol. The van der Waals surface area contributed by atoms with Crippen LogP contribution < -0.4 is 16.4 Å². The fourth-order valence-corrected chi connectivity index (χ4v) is 2.18. The fraction of sp³-hybridized carbons (Fsp3) is 0.308. The Morgan fingerprint density at radius 3 is 2.10 bits per heavy atom. The van der Waals surface area contributed by atoms with Gasteiger partial charge in [0.1, 0.15) is 0 Å². The summed E-state index contributed by atoms with van der Waals surface area (Å²) in [5.41, 5.74) is 13.2. The molecule has 1 aromatic heterocycles. The quantitative estimate of drug-likeness (QED) is 0.822. The molecule has 0 saturated carbocycles. The monoisotopic (exact) mass is 272 g/mol. The van der Waals surface area contributed by atoms with E-state index in [1.165, 1.54) is 0 Å². The van der Waals surface area contributed by atoms with Gasteiger partial charge in [0.15, 0.2) is 5.82 Å². The Morgan fingerprint density at radius 2 is 1.50 bits per heavy atom. The van der Waals surface area contributed by atoms with Crippen LogP contribution in [-0.4, -0.2) is 41.3 Å². The van der Waals surface area contributed by atoms with Crippen LogP contribution in [-0.2, 0) is 4.74 Å². The molecular formula is C13H16N6O. The van der Waals surface area contributed by atoms with Crippen molar-refractivity contribution in [1.82, 2.24) is 15.0 Å². The largest absolute Gasteiger partial charge is 0.378 e. The molecule has 1 aliphatic rings. The Labute approximate surface area is 116 Å². The van der Waals surface area contributed by atoms with Gasteiger partial charge in [-0.1, -0.05) is 0 Å². The minimum Gasteiger partial charge on any atom is -0.378 e. The van der Waals surface area contributed by atoms with Crippen molar-refractivity contribution in [3.8, 4) is 11.4 Å². The van der Waals surface area contributed by atoms with Gasteiger partial charge in [-0.05, 0) is 24.3 Å². The zero-order valence-electron chi connectivity index (χ0n) is 11.0. The number of ether oxygens (including phenoxy) is 1. The minimum absolute atomic E-state index is 0.129. The van der Waals surface area contributed by atoms with Crippen LogP contribution in [0.25, 0.3) is 11.4 Å². The van der Waals surface area contributed by atoms with Crippen molar-refractivity contribution in [3.05, 3.63) is 24.3 Å². The molecule has 0 aliphatic carbocycles. The summed E-state index contributed by atoms with van der Waals surface area (Å²) in [5.74, 6) is 0.748. The lowest BCUT2D eigenvalue weighted by Crippen LogP contribution is -2.36. The fourth-order valence-electron chi connectivity index (χ4n) is 2.18. The number of benzene rings is 1. The maximum atomic E-state index is 5.58. The van der Waals surface area contributed by atoms with Crippen LogP contribution >= 0.6 is 0 Å². The van der Waals surface area contributed by atoms with Gasteiger partial charge in [-0.3, -0.25) is 0 Å². The van der Waals surface area contributed by atoms with Gasteiger partial charge in [-0.25, -0.2) is 0 Å². The zero-order valence-corrected chi connectivity index (χ0v) is 11.0. The highest BCUT2D eigenvalue weighted by Gasteiger charge is 2.11. The topological polar surface area (TPSA) is 103 Å². The average molecular weight is 272 g/mol. The van der Waals surface area contributed by atoms with Gasteiger partial charge < -0.3 is 21.1 Å². The lowest BCUT2D eigenvalue weighted by molar-refractivity contribution is 0.122. The predicted octanol–water partition coefficient (Wildman–Crippen LogP) is 0.540. The van der Waals surface area contributed by atoms with Crippen LogP contribution in [0.5, 0.6) is 0 Å². The molecule has 3 rings (SSSR count). The summed E-state index contributed by atoms with van der Waals surface area (Å²) < 4.78 is 5.34. The number of hydrogen-bond donors (Lipinski definition) is 2. The molecule has 104 valence electrons. The first-order valence-corrected chi connectivity index (χ1v) is 6.42. The molecule has 0 radical (unpaired) electrons. The smallest absolute Gasteiger partial charge is 0.225 e. The highest BCUT2D eigenvalue weighted by Crippen LogP contribution is 2.22. The lowest BCUT2D eigenvalue weighted by atomic mass is 10.2. The van der Waals surface area contributed by atoms with E-state index in [0.717, 1.165) is 37.6 Å². The van der Waals surface area contributed by atoms with Gasteiger partial charge in [-0.2, -0.15) is 15.0 Å². The van der Waals surface area contributed by atoms with Crippen molar-refractivity contribution in [3.63, 3.8) is 0 Å². The summed E-state index contributed by atoms with van der Waals surface area (Å²) in [5, 5.41) is 0. The molecule has 0 bridgehead atoms. The SMILES string of the molecule is Nc1nc(N)nc(-c2ccc(N3CCOCC3)cc2)n1. The van der Waals surface area contributed by atoms with Crippen molar-refractivity contribution in [2.45, 2.75) is 0 Å². The molecule has 20 heavy (non-hydrogen) atoms. The third-order valence-corrected chi connectivity index (χ3v) is 3.17. The summed E-state index contributed by atoms with van der Waals surface area (Å²) in [6.45, 7) is 3.35. The molecule has 1 saturated heterocycles. The maximum Gasteiger partial charge on any atom is 0.225 e. The van der Waals surface area contributed by atoms with E-state index in [4.69, 9.17) is 16.2 Å². The van der Waals surface area contributed by atoms with E-state index in [1.807, 2.05) is 24.3 Å². The summed E-state index contributed by atoms with van der Waals surface area (Å²) in [6, 6.07) is 7.99. The van der Waals surface area contributed by atoms with Gasteiger partial charge in [0, 0.05) is 24.3 Å². The van der Waals surface area contributed by atoms with Gasteiger partial charge in [0.25, 0.3) is 0 Å². The molecule has 4 N–H and O–H groups in total. The second kappa shape index (κ2) is 5.30. The number of nitrogens with zero attached hydrogens (tertiary/aromatic N) is 4. The van der Waals surface area contributed by atoms with Crippen molar-refractivity contribution in [2.24, 2.45) is 0 Å². The minimum atomic E-state index is 0.129. The molecule has 2 heterocycles. The molecule has 1 aliphatic heterocycles. The lowest BCUT2D eigenvalue weighted by Gasteiger charge is -2.28. The van der Waals surface area contributed by atoms with E-state index in [9.17, 15) is 0 Å². The van der Waals surface area contributed by atoms with E-state index >= 15 is 0 Å². The van der Waals surface area contributed by atoms with Crippen molar-refractivity contribution in [1.29, 1.82) is 0 Å². The van der Waals surface area contributed by atoms with E-state index in [-0.39, 0.29) is 11.9 Å². The van der Waals surface area contributed by atoms with E-state index in [1.54, 1.807) is 0 Å². The average Bonchev–Trinajstić information content (AvgIpc) is 2.47. The molecule has 0 spiro atoms. The third kappa shape index (κ3) is 2.62. The number of morpholine rings is 1. The molecule has 1 aromatic carbocycles. The van der Waals surface area contributed by atoms with Gasteiger partial charge in [0.2, 0.25) is 11.9 Å². The highest BCUT2D eigenvalue weighted by atomic mass is 16.5. The normalized spacial score (nSPS) is 15.3. The van der Waals surface area contributed by atoms with Crippen molar-refractivity contribution >= 4 is 17.6 Å². The number of anilines is 3. The number of nitrogens with two attached hydrogens (primary N) is 2. The van der Waals surface area contributed by atoms with Crippen LogP contribution in [0, 0.1) is 0 Å². The van der Waals surface area contributed by atoms with E-state index in [0.29, 0.717) is 5.82 Å². The number of hydrogen-bond acceptors (Lipinski definition) is 7. The Hall–Kier alpha value is -2.41. The van der Waals surface area contributed by atoms with Crippen LogP contribution in [0.4, 0.5) is 17.6 Å². The first kappa shape index (κ1) is 12.6.